The third-order valence-electron chi connectivity index (χ3n) is 4.67. The second-order valence-corrected chi connectivity index (χ2v) is 6.50. The number of carbonyl (C=O) groups is 2. The molecule has 2 aliphatic rings. The number of nitrogens with zero attached hydrogens (tertiary/aromatic N) is 1. The van der Waals surface area contributed by atoms with Crippen molar-refractivity contribution in [3.63, 3.8) is 0 Å². The summed E-state index contributed by atoms with van der Waals surface area (Å²) in [5, 5.41) is 2.58. The molecule has 3 rings (SSSR count). The Balaban J connectivity index is 1.58. The molecule has 1 saturated carbocycles. The van der Waals surface area contributed by atoms with E-state index in [2.05, 4.69) is 5.32 Å². The van der Waals surface area contributed by atoms with Crippen molar-refractivity contribution in [1.82, 2.24) is 10.2 Å². The first-order chi connectivity index (χ1) is 11.4. The molecule has 0 bridgehead atoms. The van der Waals surface area contributed by atoms with E-state index in [0.717, 1.165) is 0 Å². The van der Waals surface area contributed by atoms with Crippen LogP contribution in [0, 0.1) is 5.92 Å². The van der Waals surface area contributed by atoms with Crippen molar-refractivity contribution in [2.75, 3.05) is 13.1 Å². The third-order valence-corrected chi connectivity index (χ3v) is 4.67. The minimum absolute atomic E-state index is 0.0145. The molecule has 2 amide bonds. The van der Waals surface area contributed by atoms with Crippen molar-refractivity contribution in [3.05, 3.63) is 35.9 Å². The Kier molecular flexibility index (Phi) is 4.51. The Hall–Kier alpha value is -2.05. The fraction of sp³-hybridized carbons (Fsp3) is 0.529. The highest BCUT2D eigenvalue weighted by Crippen LogP contribution is 2.40. The molecule has 1 aliphatic carbocycles. The van der Waals surface area contributed by atoms with Crippen LogP contribution in [0.15, 0.2) is 30.3 Å². The molecule has 3 atom stereocenters. The van der Waals surface area contributed by atoms with Crippen LogP contribution in [0.25, 0.3) is 0 Å². The van der Waals surface area contributed by atoms with Crippen LogP contribution >= 0.6 is 0 Å². The van der Waals surface area contributed by atoms with Gasteiger partial charge in [0.25, 0.3) is 5.91 Å². The summed E-state index contributed by atoms with van der Waals surface area (Å²) in [6, 6.07) is 7.58. The Morgan fingerprint density at radius 1 is 1.17 bits per heavy atom. The van der Waals surface area contributed by atoms with Gasteiger partial charge in [-0.15, -0.1) is 0 Å². The zero-order chi connectivity index (χ0) is 17.3. The zero-order valence-electron chi connectivity index (χ0n) is 13.1. The minimum Gasteiger partial charge on any atom is -0.345 e. The summed E-state index contributed by atoms with van der Waals surface area (Å²) in [4.78, 5) is 25.6. The van der Waals surface area contributed by atoms with Gasteiger partial charge in [0.1, 0.15) is 6.17 Å². The van der Waals surface area contributed by atoms with Gasteiger partial charge in [-0.25, -0.2) is 13.2 Å². The van der Waals surface area contributed by atoms with Crippen molar-refractivity contribution in [1.29, 1.82) is 0 Å². The van der Waals surface area contributed by atoms with Crippen molar-refractivity contribution in [3.8, 4) is 0 Å². The van der Waals surface area contributed by atoms with Crippen LogP contribution in [0.2, 0.25) is 0 Å². The van der Waals surface area contributed by atoms with E-state index in [1.54, 1.807) is 30.3 Å². The standard InChI is InChI=1S/C17H19F3N2O2/c18-13-9-22(16(24)12-6-7-17(19,20)8-12)10-14(13)21-15(23)11-4-2-1-3-5-11/h1-5,12-14H,6-10H2,(H,21,23)/t12?,13-,14+/m0/s1. The van der Waals surface area contributed by atoms with Crippen LogP contribution in [0.1, 0.15) is 29.6 Å². The first-order valence-electron chi connectivity index (χ1n) is 8.02. The molecule has 24 heavy (non-hydrogen) atoms. The molecule has 4 nitrogen and oxygen atoms in total. The highest BCUT2D eigenvalue weighted by atomic mass is 19.3. The highest BCUT2D eigenvalue weighted by Gasteiger charge is 2.46. The lowest BCUT2D eigenvalue weighted by atomic mass is 10.1. The maximum absolute atomic E-state index is 14.2. The molecule has 1 saturated heterocycles. The average Bonchev–Trinajstić information content (AvgIpc) is 3.10. The topological polar surface area (TPSA) is 49.4 Å². The average molecular weight is 340 g/mol. The quantitative estimate of drug-likeness (QED) is 0.919. The second-order valence-electron chi connectivity index (χ2n) is 6.50. The largest absolute Gasteiger partial charge is 0.345 e. The molecular formula is C17H19F3N2O2. The van der Waals surface area contributed by atoms with E-state index in [1.807, 2.05) is 0 Å². The highest BCUT2D eigenvalue weighted by molar-refractivity contribution is 5.94. The maximum atomic E-state index is 14.2. The van der Waals surface area contributed by atoms with Gasteiger partial charge in [-0.3, -0.25) is 9.59 Å². The molecule has 1 aromatic rings. The number of hydrogen-bond acceptors (Lipinski definition) is 2. The van der Waals surface area contributed by atoms with E-state index in [-0.39, 0.29) is 25.9 Å². The molecule has 1 aromatic carbocycles. The van der Waals surface area contributed by atoms with Crippen molar-refractivity contribution >= 4 is 11.8 Å². The molecule has 0 spiro atoms. The number of carbonyl (C=O) groups excluding carboxylic acids is 2. The number of alkyl halides is 3. The Bertz CT molecular complexity index is 624. The number of likely N-dealkylation sites (tertiary alicyclic amines) is 1. The second kappa shape index (κ2) is 6.45. The predicted molar refractivity (Wildman–Crippen MR) is 81.5 cm³/mol. The summed E-state index contributed by atoms with van der Waals surface area (Å²) in [5.41, 5.74) is 0.407. The van der Waals surface area contributed by atoms with Crippen LogP contribution in [0.4, 0.5) is 13.2 Å². The Morgan fingerprint density at radius 3 is 2.50 bits per heavy atom. The number of hydrogen-bond donors (Lipinski definition) is 1. The fourth-order valence-electron chi connectivity index (χ4n) is 3.34. The van der Waals surface area contributed by atoms with Crippen molar-refractivity contribution in [2.45, 2.75) is 37.4 Å². The molecule has 1 unspecified atom stereocenters. The summed E-state index contributed by atoms with van der Waals surface area (Å²) >= 11 is 0. The molecule has 2 fully saturated rings. The lowest BCUT2D eigenvalue weighted by Gasteiger charge is -2.20. The summed E-state index contributed by atoms with van der Waals surface area (Å²) in [7, 11) is 0. The lowest BCUT2D eigenvalue weighted by molar-refractivity contribution is -0.135. The normalized spacial score (nSPS) is 28.8. The van der Waals surface area contributed by atoms with Gasteiger partial charge >= 0.3 is 0 Å². The molecule has 1 aliphatic heterocycles. The monoisotopic (exact) mass is 340 g/mol. The van der Waals surface area contributed by atoms with E-state index < -0.39 is 42.3 Å². The number of nitrogens with one attached hydrogen (secondary N) is 1. The van der Waals surface area contributed by atoms with E-state index in [0.29, 0.717) is 5.56 Å². The van der Waals surface area contributed by atoms with Gasteiger partial charge in [0.05, 0.1) is 12.6 Å². The predicted octanol–water partition coefficient (Wildman–Crippen LogP) is 2.40. The zero-order valence-corrected chi connectivity index (χ0v) is 13.1. The molecule has 1 N–H and O–H groups in total. The smallest absolute Gasteiger partial charge is 0.251 e. The van der Waals surface area contributed by atoms with Crippen LogP contribution in [-0.4, -0.2) is 47.9 Å². The lowest BCUT2D eigenvalue weighted by Crippen LogP contribution is -2.42. The molecule has 7 heteroatoms. The first-order valence-corrected chi connectivity index (χ1v) is 8.02. The van der Waals surface area contributed by atoms with Crippen molar-refractivity contribution < 1.29 is 22.8 Å². The number of rotatable bonds is 3. The Labute approximate surface area is 138 Å². The molecule has 130 valence electrons. The fourth-order valence-corrected chi connectivity index (χ4v) is 3.34. The van der Waals surface area contributed by atoms with Gasteiger partial charge in [-0.2, -0.15) is 0 Å². The summed E-state index contributed by atoms with van der Waals surface area (Å²) in [5.74, 6) is -4.41. The van der Waals surface area contributed by atoms with Crippen LogP contribution in [0.5, 0.6) is 0 Å². The van der Waals surface area contributed by atoms with Gasteiger partial charge in [-0.1, -0.05) is 18.2 Å². The summed E-state index contributed by atoms with van der Waals surface area (Å²) in [6.07, 6.45) is -2.05. The number of amides is 2. The number of halogens is 3. The number of benzene rings is 1. The van der Waals surface area contributed by atoms with E-state index in [1.165, 1.54) is 4.90 Å². The van der Waals surface area contributed by atoms with Gasteiger partial charge in [0.2, 0.25) is 11.8 Å². The third kappa shape index (κ3) is 3.55. The van der Waals surface area contributed by atoms with Crippen molar-refractivity contribution in [2.24, 2.45) is 5.92 Å². The van der Waals surface area contributed by atoms with E-state index in [4.69, 9.17) is 0 Å². The van der Waals surface area contributed by atoms with Gasteiger partial charge in [0.15, 0.2) is 0 Å². The summed E-state index contributed by atoms with van der Waals surface area (Å²) in [6.45, 7) is -0.152. The van der Waals surface area contributed by atoms with Crippen LogP contribution in [0.3, 0.4) is 0 Å². The molecular weight excluding hydrogens is 321 g/mol. The maximum Gasteiger partial charge on any atom is 0.251 e. The summed E-state index contributed by atoms with van der Waals surface area (Å²) < 4.78 is 40.7. The molecule has 0 aromatic heterocycles. The molecule has 0 radical (unpaired) electrons. The van der Waals surface area contributed by atoms with E-state index >= 15 is 0 Å². The first kappa shape index (κ1) is 16.8. The van der Waals surface area contributed by atoms with E-state index in [9.17, 15) is 22.8 Å². The van der Waals surface area contributed by atoms with Gasteiger partial charge < -0.3 is 10.2 Å². The molecule has 1 heterocycles. The minimum atomic E-state index is -2.81. The van der Waals surface area contributed by atoms with Crippen LogP contribution in [-0.2, 0) is 4.79 Å². The Morgan fingerprint density at radius 2 is 1.88 bits per heavy atom. The van der Waals surface area contributed by atoms with Gasteiger partial charge in [0, 0.05) is 30.9 Å². The SMILES string of the molecule is O=C(N[C@@H]1CN(C(=O)C2CCC(F)(F)C2)C[C@@H]1F)c1ccccc1. The van der Waals surface area contributed by atoms with Gasteiger partial charge in [-0.05, 0) is 18.6 Å². The van der Waals surface area contributed by atoms with Crippen LogP contribution < -0.4 is 5.32 Å².